The van der Waals surface area contributed by atoms with Gasteiger partial charge in [0.2, 0.25) is 0 Å². The molecule has 4 rings (SSSR count). The van der Waals surface area contributed by atoms with Crippen LogP contribution in [0.1, 0.15) is 49.3 Å². The summed E-state index contributed by atoms with van der Waals surface area (Å²) in [6.07, 6.45) is 10.7. The predicted octanol–water partition coefficient (Wildman–Crippen LogP) is 3.58. The lowest BCUT2D eigenvalue weighted by Gasteiger charge is -2.40. The maximum atomic E-state index is 6.46. The van der Waals surface area contributed by atoms with Crippen LogP contribution in [-0.2, 0) is 13.5 Å². The Labute approximate surface area is 184 Å². The summed E-state index contributed by atoms with van der Waals surface area (Å²) in [5, 5.41) is 11.3. The Kier molecular flexibility index (Phi) is 6.85. The summed E-state index contributed by atoms with van der Waals surface area (Å²) in [5.41, 5.74) is 2.44. The molecule has 1 aliphatic heterocycles. The molecule has 28 heavy (non-hydrogen) atoms. The quantitative estimate of drug-likeness (QED) is 0.387. The fourth-order valence-corrected chi connectivity index (χ4v) is 4.36. The number of aryl methyl sites for hydroxylation is 1. The Balaban J connectivity index is 0.00000225. The fraction of sp³-hybridized carbons (Fsp3) is 0.524. The molecule has 1 atom stereocenters. The van der Waals surface area contributed by atoms with E-state index >= 15 is 0 Å². The average Bonchev–Trinajstić information content (AvgIpc) is 3.29. The number of ether oxygens (including phenoxy) is 1. The van der Waals surface area contributed by atoms with Crippen LogP contribution in [0.4, 0.5) is 0 Å². The lowest BCUT2D eigenvalue weighted by Crippen LogP contribution is -2.47. The molecule has 2 heterocycles. The molecule has 0 amide bonds. The van der Waals surface area contributed by atoms with E-state index in [0.717, 1.165) is 43.9 Å². The zero-order valence-electron chi connectivity index (χ0n) is 16.6. The highest BCUT2D eigenvalue weighted by atomic mass is 127. The van der Waals surface area contributed by atoms with E-state index < -0.39 is 0 Å². The van der Waals surface area contributed by atoms with Crippen LogP contribution in [0.3, 0.4) is 0 Å². The number of hydrogen-bond donors (Lipinski definition) is 2. The molecule has 0 radical (unpaired) electrons. The minimum Gasteiger partial charge on any atom is -0.487 e. The molecular formula is C21H30IN5O. The molecule has 1 spiro atoms. The number of nitrogens with zero attached hydrogens (tertiary/aromatic N) is 3. The molecule has 0 bridgehead atoms. The normalized spacial score (nSPS) is 20.2. The molecule has 2 aliphatic rings. The van der Waals surface area contributed by atoms with Gasteiger partial charge in [-0.2, -0.15) is 5.10 Å². The fourth-order valence-electron chi connectivity index (χ4n) is 4.36. The Bertz CT molecular complexity index is 813. The molecule has 152 valence electrons. The predicted molar refractivity (Wildman–Crippen MR) is 122 cm³/mol. The zero-order valence-corrected chi connectivity index (χ0v) is 19.0. The van der Waals surface area contributed by atoms with Gasteiger partial charge in [0.05, 0.1) is 12.2 Å². The number of benzene rings is 1. The number of aliphatic imine (C=N–C) groups is 1. The van der Waals surface area contributed by atoms with E-state index in [0.29, 0.717) is 0 Å². The van der Waals surface area contributed by atoms with Crippen LogP contribution in [0.25, 0.3) is 0 Å². The van der Waals surface area contributed by atoms with Crippen molar-refractivity contribution in [3.63, 3.8) is 0 Å². The number of nitrogens with one attached hydrogen (secondary N) is 2. The van der Waals surface area contributed by atoms with Crippen molar-refractivity contribution in [2.75, 3.05) is 13.6 Å². The van der Waals surface area contributed by atoms with Gasteiger partial charge in [-0.15, -0.1) is 24.0 Å². The Morgan fingerprint density at radius 3 is 2.82 bits per heavy atom. The van der Waals surface area contributed by atoms with Crippen LogP contribution in [0.15, 0.2) is 41.7 Å². The van der Waals surface area contributed by atoms with E-state index in [4.69, 9.17) is 4.74 Å². The van der Waals surface area contributed by atoms with E-state index in [1.807, 2.05) is 25.0 Å². The van der Waals surface area contributed by atoms with Crippen LogP contribution in [0.2, 0.25) is 0 Å². The molecule has 1 aromatic carbocycles. The van der Waals surface area contributed by atoms with Crippen molar-refractivity contribution in [2.24, 2.45) is 12.0 Å². The number of guanidine groups is 1. The number of para-hydroxylation sites is 1. The third kappa shape index (κ3) is 4.61. The van der Waals surface area contributed by atoms with E-state index in [2.05, 4.69) is 51.2 Å². The molecule has 1 aliphatic carbocycles. The maximum absolute atomic E-state index is 6.46. The molecule has 1 saturated carbocycles. The number of hydrogen-bond acceptors (Lipinski definition) is 3. The summed E-state index contributed by atoms with van der Waals surface area (Å²) >= 11 is 0. The van der Waals surface area contributed by atoms with Crippen molar-refractivity contribution in [2.45, 2.75) is 50.2 Å². The first-order chi connectivity index (χ1) is 13.2. The zero-order chi connectivity index (χ0) is 18.7. The summed E-state index contributed by atoms with van der Waals surface area (Å²) in [5.74, 6) is 1.86. The molecule has 2 N–H and O–H groups in total. The minimum absolute atomic E-state index is 0. The molecule has 1 aromatic heterocycles. The Hall–Kier alpha value is -1.77. The van der Waals surface area contributed by atoms with E-state index in [-0.39, 0.29) is 35.6 Å². The SMILES string of the molecule is CN=C(NCCc1cnn(C)c1)NC1CC2(CCCC2)Oc2ccccc21.I. The van der Waals surface area contributed by atoms with Crippen LogP contribution >= 0.6 is 24.0 Å². The maximum Gasteiger partial charge on any atom is 0.191 e. The van der Waals surface area contributed by atoms with Crippen molar-refractivity contribution >= 4 is 29.9 Å². The number of fused-ring (bicyclic) bond motifs is 1. The van der Waals surface area contributed by atoms with Gasteiger partial charge in [0.1, 0.15) is 11.4 Å². The number of aromatic nitrogens is 2. The standard InChI is InChI=1S/C21H29N5O.HI/c1-22-20(23-12-9-16-14-24-26(2)15-16)25-18-13-21(10-5-6-11-21)27-19-8-4-3-7-17(18)19;/h3-4,7-8,14-15,18H,5-6,9-13H2,1-2H3,(H2,22,23,25);1H. The Morgan fingerprint density at radius 2 is 2.11 bits per heavy atom. The molecule has 2 aromatic rings. The van der Waals surface area contributed by atoms with Gasteiger partial charge in [-0.3, -0.25) is 9.67 Å². The van der Waals surface area contributed by atoms with Crippen LogP contribution in [0, 0.1) is 0 Å². The third-order valence-electron chi connectivity index (χ3n) is 5.71. The van der Waals surface area contributed by atoms with Gasteiger partial charge in [0.25, 0.3) is 0 Å². The van der Waals surface area contributed by atoms with Crippen LogP contribution in [-0.4, -0.2) is 34.9 Å². The second kappa shape index (κ2) is 9.15. The van der Waals surface area contributed by atoms with Gasteiger partial charge >= 0.3 is 0 Å². The van der Waals surface area contributed by atoms with Crippen molar-refractivity contribution in [1.82, 2.24) is 20.4 Å². The van der Waals surface area contributed by atoms with Gasteiger partial charge in [0, 0.05) is 38.8 Å². The van der Waals surface area contributed by atoms with Crippen LogP contribution in [0.5, 0.6) is 5.75 Å². The second-order valence-electron chi connectivity index (χ2n) is 7.70. The highest BCUT2D eigenvalue weighted by Crippen LogP contribution is 2.46. The highest BCUT2D eigenvalue weighted by molar-refractivity contribution is 14.0. The van der Waals surface area contributed by atoms with E-state index in [1.165, 1.54) is 24.0 Å². The van der Waals surface area contributed by atoms with Gasteiger partial charge in [-0.1, -0.05) is 18.2 Å². The molecule has 1 fully saturated rings. The smallest absolute Gasteiger partial charge is 0.191 e. The molecular weight excluding hydrogens is 465 g/mol. The minimum atomic E-state index is -0.0133. The largest absolute Gasteiger partial charge is 0.487 e. The summed E-state index contributed by atoms with van der Waals surface area (Å²) in [6, 6.07) is 8.63. The molecule has 1 unspecified atom stereocenters. The summed E-state index contributed by atoms with van der Waals surface area (Å²) in [4.78, 5) is 4.44. The third-order valence-corrected chi connectivity index (χ3v) is 5.71. The highest BCUT2D eigenvalue weighted by Gasteiger charge is 2.43. The van der Waals surface area contributed by atoms with Crippen molar-refractivity contribution in [3.8, 4) is 5.75 Å². The van der Waals surface area contributed by atoms with Gasteiger partial charge < -0.3 is 15.4 Å². The lowest BCUT2D eigenvalue weighted by molar-refractivity contribution is 0.0396. The Morgan fingerprint density at radius 1 is 1.32 bits per heavy atom. The molecule has 0 saturated heterocycles. The molecule has 6 nitrogen and oxygen atoms in total. The first-order valence-electron chi connectivity index (χ1n) is 9.90. The van der Waals surface area contributed by atoms with Crippen molar-refractivity contribution in [3.05, 3.63) is 47.8 Å². The average molecular weight is 495 g/mol. The monoisotopic (exact) mass is 495 g/mol. The van der Waals surface area contributed by atoms with Gasteiger partial charge in [-0.25, -0.2) is 0 Å². The summed E-state index contributed by atoms with van der Waals surface area (Å²) < 4.78 is 8.29. The van der Waals surface area contributed by atoms with E-state index in [1.54, 1.807) is 0 Å². The van der Waals surface area contributed by atoms with Gasteiger partial charge in [-0.05, 0) is 43.7 Å². The lowest BCUT2D eigenvalue weighted by atomic mass is 9.86. The molecule has 7 heteroatoms. The van der Waals surface area contributed by atoms with Gasteiger partial charge in [0.15, 0.2) is 5.96 Å². The first kappa shape index (κ1) is 21.0. The second-order valence-corrected chi connectivity index (χ2v) is 7.70. The number of rotatable bonds is 4. The summed E-state index contributed by atoms with van der Waals surface area (Å²) in [6.45, 7) is 0.821. The van der Waals surface area contributed by atoms with Crippen molar-refractivity contribution < 1.29 is 4.74 Å². The van der Waals surface area contributed by atoms with Crippen LogP contribution < -0.4 is 15.4 Å². The number of halogens is 1. The summed E-state index contributed by atoms with van der Waals surface area (Å²) in [7, 11) is 3.77. The topological polar surface area (TPSA) is 63.5 Å². The van der Waals surface area contributed by atoms with Crippen molar-refractivity contribution in [1.29, 1.82) is 0 Å². The first-order valence-corrected chi connectivity index (χ1v) is 9.90. The van der Waals surface area contributed by atoms with E-state index in [9.17, 15) is 0 Å².